The van der Waals surface area contributed by atoms with E-state index in [0.29, 0.717) is 23.3 Å². The van der Waals surface area contributed by atoms with E-state index >= 15 is 0 Å². The minimum atomic E-state index is -0.179. The SMILES string of the molecule is O=C(Nc1nc2c(s1)CC(c1ccccc1)CC2)c1n[nH]c2c1CNCC2. The molecule has 7 heteroatoms. The lowest BCUT2D eigenvalue weighted by Gasteiger charge is -2.21. The number of aryl methyl sites for hydroxylation is 1. The van der Waals surface area contributed by atoms with E-state index in [4.69, 9.17) is 0 Å². The molecule has 0 saturated carbocycles. The molecule has 2 aliphatic rings. The van der Waals surface area contributed by atoms with Crippen molar-refractivity contribution in [3.63, 3.8) is 0 Å². The zero-order valence-electron chi connectivity index (χ0n) is 14.9. The van der Waals surface area contributed by atoms with Crippen molar-refractivity contribution >= 4 is 22.4 Å². The number of benzene rings is 1. The van der Waals surface area contributed by atoms with Gasteiger partial charge in [-0.15, -0.1) is 11.3 Å². The molecule has 138 valence electrons. The summed E-state index contributed by atoms with van der Waals surface area (Å²) in [4.78, 5) is 18.7. The molecular formula is C20H21N5OS. The molecular weight excluding hydrogens is 358 g/mol. The minimum absolute atomic E-state index is 0.179. The molecule has 3 N–H and O–H groups in total. The Bertz CT molecular complexity index is 978. The van der Waals surface area contributed by atoms with E-state index in [1.165, 1.54) is 10.4 Å². The molecule has 3 heterocycles. The third kappa shape index (κ3) is 3.17. The Morgan fingerprint density at radius 3 is 3.00 bits per heavy atom. The van der Waals surface area contributed by atoms with Gasteiger partial charge < -0.3 is 5.32 Å². The van der Waals surface area contributed by atoms with Crippen molar-refractivity contribution in [3.05, 3.63) is 63.4 Å². The summed E-state index contributed by atoms with van der Waals surface area (Å²) in [6.45, 7) is 1.60. The van der Waals surface area contributed by atoms with Gasteiger partial charge in [0.1, 0.15) is 0 Å². The Morgan fingerprint density at radius 1 is 1.22 bits per heavy atom. The molecule has 1 aliphatic heterocycles. The molecule has 0 bridgehead atoms. The van der Waals surface area contributed by atoms with Crippen LogP contribution >= 0.6 is 11.3 Å². The fourth-order valence-electron chi connectivity index (χ4n) is 4.01. The normalized spacial score (nSPS) is 18.6. The van der Waals surface area contributed by atoms with Crippen LogP contribution in [0.2, 0.25) is 0 Å². The van der Waals surface area contributed by atoms with Crippen molar-refractivity contribution in [2.45, 2.75) is 38.1 Å². The third-order valence-corrected chi connectivity index (χ3v) is 6.49. The standard InChI is InChI=1S/C20H21N5OS/c26-19(18-14-11-21-9-8-15(14)24-25-18)23-20-22-16-7-6-13(10-17(16)27-20)12-4-2-1-3-5-12/h1-5,13,21H,6-11H2,(H,24,25)(H,22,23,26). The molecule has 1 atom stereocenters. The summed E-state index contributed by atoms with van der Waals surface area (Å²) in [6.07, 6.45) is 3.94. The lowest BCUT2D eigenvalue weighted by Crippen LogP contribution is -2.25. The molecule has 1 amide bonds. The van der Waals surface area contributed by atoms with Gasteiger partial charge in [-0.3, -0.25) is 15.2 Å². The van der Waals surface area contributed by atoms with Crippen molar-refractivity contribution < 1.29 is 4.79 Å². The Hall–Kier alpha value is -2.51. The second-order valence-corrected chi connectivity index (χ2v) is 8.23. The predicted molar refractivity (Wildman–Crippen MR) is 105 cm³/mol. The van der Waals surface area contributed by atoms with E-state index in [0.717, 1.165) is 49.2 Å². The van der Waals surface area contributed by atoms with Gasteiger partial charge >= 0.3 is 0 Å². The predicted octanol–water partition coefficient (Wildman–Crippen LogP) is 3.04. The smallest absolute Gasteiger partial charge is 0.278 e. The van der Waals surface area contributed by atoms with E-state index in [1.807, 2.05) is 0 Å². The number of fused-ring (bicyclic) bond motifs is 2. The van der Waals surface area contributed by atoms with E-state index in [2.05, 4.69) is 56.1 Å². The first-order valence-electron chi connectivity index (χ1n) is 9.39. The first-order chi connectivity index (χ1) is 13.3. The van der Waals surface area contributed by atoms with Gasteiger partial charge in [0.25, 0.3) is 5.91 Å². The number of hydrogen-bond acceptors (Lipinski definition) is 5. The molecule has 1 unspecified atom stereocenters. The van der Waals surface area contributed by atoms with Crippen molar-refractivity contribution in [2.24, 2.45) is 0 Å². The van der Waals surface area contributed by atoms with Gasteiger partial charge in [-0.1, -0.05) is 30.3 Å². The molecule has 27 heavy (non-hydrogen) atoms. The van der Waals surface area contributed by atoms with Crippen LogP contribution in [-0.2, 0) is 25.8 Å². The van der Waals surface area contributed by atoms with Gasteiger partial charge in [0.2, 0.25) is 0 Å². The maximum atomic E-state index is 12.7. The first-order valence-corrected chi connectivity index (χ1v) is 10.2. The summed E-state index contributed by atoms with van der Waals surface area (Å²) in [5, 5.41) is 14.2. The number of hydrogen-bond donors (Lipinski definition) is 3. The lowest BCUT2D eigenvalue weighted by molar-refractivity contribution is 0.102. The molecule has 6 nitrogen and oxygen atoms in total. The summed E-state index contributed by atoms with van der Waals surface area (Å²) in [5.74, 6) is 0.356. The van der Waals surface area contributed by atoms with Crippen LogP contribution in [-0.4, -0.2) is 27.6 Å². The maximum absolute atomic E-state index is 12.7. The number of anilines is 1. The minimum Gasteiger partial charge on any atom is -0.312 e. The van der Waals surface area contributed by atoms with Crippen molar-refractivity contribution in [2.75, 3.05) is 11.9 Å². The van der Waals surface area contributed by atoms with E-state index in [-0.39, 0.29) is 5.91 Å². The Morgan fingerprint density at radius 2 is 2.11 bits per heavy atom. The number of nitrogens with one attached hydrogen (secondary N) is 3. The topological polar surface area (TPSA) is 82.7 Å². The van der Waals surface area contributed by atoms with Crippen LogP contribution in [0.25, 0.3) is 0 Å². The molecule has 0 saturated heterocycles. The van der Waals surface area contributed by atoms with Gasteiger partial charge in [-0.25, -0.2) is 4.98 Å². The summed E-state index contributed by atoms with van der Waals surface area (Å²) in [7, 11) is 0. The highest BCUT2D eigenvalue weighted by molar-refractivity contribution is 7.15. The van der Waals surface area contributed by atoms with Crippen LogP contribution in [0.15, 0.2) is 30.3 Å². The molecule has 1 aliphatic carbocycles. The van der Waals surface area contributed by atoms with Gasteiger partial charge in [0.05, 0.1) is 5.69 Å². The van der Waals surface area contributed by atoms with Crippen LogP contribution in [0.5, 0.6) is 0 Å². The van der Waals surface area contributed by atoms with Gasteiger partial charge in [-0.05, 0) is 30.7 Å². The Labute approximate surface area is 161 Å². The quantitative estimate of drug-likeness (QED) is 0.653. The molecule has 5 rings (SSSR count). The summed E-state index contributed by atoms with van der Waals surface area (Å²) < 4.78 is 0. The number of rotatable bonds is 3. The molecule has 2 aromatic heterocycles. The largest absolute Gasteiger partial charge is 0.312 e. The van der Waals surface area contributed by atoms with Crippen LogP contribution in [0.1, 0.15) is 50.2 Å². The number of carbonyl (C=O) groups excluding carboxylic acids is 1. The highest BCUT2D eigenvalue weighted by Gasteiger charge is 2.26. The van der Waals surface area contributed by atoms with Crippen molar-refractivity contribution in [1.82, 2.24) is 20.5 Å². The maximum Gasteiger partial charge on any atom is 0.278 e. The molecule has 1 aromatic carbocycles. The molecule has 3 aromatic rings. The highest BCUT2D eigenvalue weighted by atomic mass is 32.1. The number of nitrogens with zero attached hydrogens (tertiary/aromatic N) is 2. The van der Waals surface area contributed by atoms with Crippen molar-refractivity contribution in [3.8, 4) is 0 Å². The Balaban J connectivity index is 1.33. The number of thiazole rings is 1. The molecule has 0 fully saturated rings. The van der Waals surface area contributed by atoms with Crippen LogP contribution in [0.3, 0.4) is 0 Å². The summed E-state index contributed by atoms with van der Waals surface area (Å²) >= 11 is 1.60. The number of aromatic amines is 1. The zero-order valence-corrected chi connectivity index (χ0v) is 15.7. The summed E-state index contributed by atoms with van der Waals surface area (Å²) in [6, 6.07) is 10.7. The molecule has 0 spiro atoms. The van der Waals surface area contributed by atoms with Crippen LogP contribution in [0, 0.1) is 0 Å². The monoisotopic (exact) mass is 379 g/mol. The van der Waals surface area contributed by atoms with E-state index in [9.17, 15) is 4.79 Å². The van der Waals surface area contributed by atoms with E-state index < -0.39 is 0 Å². The average molecular weight is 379 g/mol. The van der Waals surface area contributed by atoms with E-state index in [1.54, 1.807) is 11.3 Å². The van der Waals surface area contributed by atoms with Crippen LogP contribution < -0.4 is 10.6 Å². The zero-order chi connectivity index (χ0) is 18.2. The fraction of sp³-hybridized carbons (Fsp3) is 0.350. The second kappa shape index (κ2) is 6.90. The van der Waals surface area contributed by atoms with Gasteiger partial charge in [0.15, 0.2) is 10.8 Å². The second-order valence-electron chi connectivity index (χ2n) is 7.15. The number of H-pyrrole nitrogens is 1. The molecule has 0 radical (unpaired) electrons. The fourth-order valence-corrected chi connectivity index (χ4v) is 5.09. The van der Waals surface area contributed by atoms with Gasteiger partial charge in [-0.2, -0.15) is 5.10 Å². The average Bonchev–Trinajstić information content (AvgIpc) is 3.31. The lowest BCUT2D eigenvalue weighted by atomic mass is 9.85. The first kappa shape index (κ1) is 16.6. The number of amides is 1. The summed E-state index contributed by atoms with van der Waals surface area (Å²) in [5.41, 5.74) is 5.03. The van der Waals surface area contributed by atoms with Crippen LogP contribution in [0.4, 0.5) is 5.13 Å². The number of aromatic nitrogens is 3. The Kier molecular flexibility index (Phi) is 4.26. The van der Waals surface area contributed by atoms with Gasteiger partial charge in [0, 0.05) is 35.6 Å². The third-order valence-electron chi connectivity index (χ3n) is 5.45. The highest BCUT2D eigenvalue weighted by Crippen LogP contribution is 2.37. The number of carbonyl (C=O) groups is 1. The van der Waals surface area contributed by atoms with Crippen molar-refractivity contribution in [1.29, 1.82) is 0 Å².